The average Bonchev–Trinajstić information content (AvgIpc) is 2.28. The summed E-state index contributed by atoms with van der Waals surface area (Å²) in [6, 6.07) is 8.98. The molecule has 0 atom stereocenters. The molecule has 0 amide bonds. The van der Waals surface area contributed by atoms with Gasteiger partial charge in [0.25, 0.3) is 0 Å². The fourth-order valence-electron chi connectivity index (χ4n) is 0.863. The van der Waals surface area contributed by atoms with Crippen LogP contribution in [0.4, 0.5) is 0 Å². The number of rotatable bonds is 4. The lowest BCUT2D eigenvalue weighted by atomic mass is 10.3. The molecule has 0 radical (unpaired) electrons. The summed E-state index contributed by atoms with van der Waals surface area (Å²) in [5.41, 5.74) is 0. The van der Waals surface area contributed by atoms with Gasteiger partial charge >= 0.3 is 5.97 Å². The molecule has 1 rings (SSSR count). The first-order valence-corrected chi connectivity index (χ1v) is 5.12. The topological polar surface area (TPSA) is 55.8 Å². The molecule has 0 fully saturated rings. The second-order valence-electron chi connectivity index (χ2n) is 2.83. The van der Waals surface area contributed by atoms with Gasteiger partial charge in [-0.2, -0.15) is 0 Å². The molecule has 0 aromatic heterocycles. The van der Waals surface area contributed by atoms with Crippen LogP contribution in [0.1, 0.15) is 13.8 Å². The van der Waals surface area contributed by atoms with Crippen LogP contribution in [0.5, 0.6) is 5.75 Å². The molecular formula is C12H18O4. The molecule has 0 saturated heterocycles. The number of hydrogen-bond donors (Lipinski definition) is 1. The minimum atomic E-state index is -0.286. The zero-order valence-corrected chi connectivity index (χ0v) is 9.68. The van der Waals surface area contributed by atoms with Crippen molar-refractivity contribution in [2.45, 2.75) is 13.8 Å². The maximum absolute atomic E-state index is 10.4. The molecule has 16 heavy (non-hydrogen) atoms. The van der Waals surface area contributed by atoms with Gasteiger partial charge in [-0.1, -0.05) is 18.2 Å². The van der Waals surface area contributed by atoms with Crippen molar-refractivity contribution in [2.75, 3.05) is 19.8 Å². The lowest BCUT2D eigenvalue weighted by molar-refractivity contribution is -0.131. The zero-order chi connectivity index (χ0) is 12.2. The van der Waals surface area contributed by atoms with Crippen molar-refractivity contribution in [2.24, 2.45) is 0 Å². The maximum Gasteiger partial charge on any atom is 0.308 e. The summed E-state index contributed by atoms with van der Waals surface area (Å²) < 4.78 is 9.51. The number of aliphatic hydroxyl groups is 1. The van der Waals surface area contributed by atoms with Crippen LogP contribution < -0.4 is 4.74 Å². The molecule has 0 aliphatic heterocycles. The second kappa shape index (κ2) is 10.1. The predicted octanol–water partition coefficient (Wildman–Crippen LogP) is 1.63. The van der Waals surface area contributed by atoms with Crippen LogP contribution in [0.3, 0.4) is 0 Å². The first kappa shape index (κ1) is 14.6. The standard InChI is InChI=1S/C8H8O2.C4H10O2/c1-7(9)10-8-5-3-2-4-6-8;1-2-6-4-3-5/h2-6H,1H3;5H,2-4H2,1H3. The quantitative estimate of drug-likeness (QED) is 0.481. The number of hydrogen-bond acceptors (Lipinski definition) is 4. The van der Waals surface area contributed by atoms with E-state index in [1.54, 1.807) is 12.1 Å². The van der Waals surface area contributed by atoms with E-state index >= 15 is 0 Å². The van der Waals surface area contributed by atoms with Gasteiger partial charge < -0.3 is 14.6 Å². The molecule has 1 aromatic carbocycles. The number of esters is 1. The van der Waals surface area contributed by atoms with Crippen molar-refractivity contribution >= 4 is 5.97 Å². The van der Waals surface area contributed by atoms with Crippen molar-refractivity contribution in [3.8, 4) is 5.75 Å². The Morgan fingerprint density at radius 3 is 2.31 bits per heavy atom. The third-order valence-electron chi connectivity index (χ3n) is 1.44. The number of ether oxygens (including phenoxy) is 2. The Morgan fingerprint density at radius 1 is 1.31 bits per heavy atom. The van der Waals surface area contributed by atoms with E-state index in [9.17, 15) is 4.79 Å². The third kappa shape index (κ3) is 9.18. The fraction of sp³-hybridized carbons (Fsp3) is 0.417. The van der Waals surface area contributed by atoms with Crippen molar-refractivity contribution in [3.05, 3.63) is 30.3 Å². The summed E-state index contributed by atoms with van der Waals surface area (Å²) in [6.07, 6.45) is 0. The Balaban J connectivity index is 0.000000325. The normalized spacial score (nSPS) is 8.94. The highest BCUT2D eigenvalue weighted by Crippen LogP contribution is 2.07. The largest absolute Gasteiger partial charge is 0.427 e. The SMILES string of the molecule is CC(=O)Oc1ccccc1.CCOCCO. The van der Waals surface area contributed by atoms with Gasteiger partial charge in [0, 0.05) is 13.5 Å². The van der Waals surface area contributed by atoms with Gasteiger partial charge in [0.1, 0.15) is 5.75 Å². The van der Waals surface area contributed by atoms with Crippen LogP contribution in [-0.4, -0.2) is 30.9 Å². The summed E-state index contributed by atoms with van der Waals surface area (Å²) in [6.45, 7) is 4.58. The van der Waals surface area contributed by atoms with Gasteiger partial charge in [0.2, 0.25) is 0 Å². The molecule has 0 bridgehead atoms. The molecule has 4 nitrogen and oxygen atoms in total. The highest BCUT2D eigenvalue weighted by atomic mass is 16.5. The number of carbonyl (C=O) groups is 1. The Labute approximate surface area is 95.8 Å². The lowest BCUT2D eigenvalue weighted by Crippen LogP contribution is -2.00. The van der Waals surface area contributed by atoms with Crippen molar-refractivity contribution in [3.63, 3.8) is 0 Å². The van der Waals surface area contributed by atoms with E-state index in [-0.39, 0.29) is 12.6 Å². The Bertz CT molecular complexity index is 268. The molecular weight excluding hydrogens is 208 g/mol. The van der Waals surface area contributed by atoms with E-state index in [2.05, 4.69) is 0 Å². The van der Waals surface area contributed by atoms with Crippen LogP contribution in [0.25, 0.3) is 0 Å². The van der Waals surface area contributed by atoms with E-state index in [1.165, 1.54) is 6.92 Å². The number of benzene rings is 1. The molecule has 0 spiro atoms. The molecule has 90 valence electrons. The van der Waals surface area contributed by atoms with E-state index < -0.39 is 0 Å². The first-order valence-electron chi connectivity index (χ1n) is 5.12. The lowest BCUT2D eigenvalue weighted by Gasteiger charge is -1.97. The van der Waals surface area contributed by atoms with Crippen molar-refractivity contribution in [1.29, 1.82) is 0 Å². The zero-order valence-electron chi connectivity index (χ0n) is 9.68. The van der Waals surface area contributed by atoms with Crippen LogP contribution >= 0.6 is 0 Å². The summed E-state index contributed by atoms with van der Waals surface area (Å²) in [7, 11) is 0. The van der Waals surface area contributed by atoms with Crippen molar-refractivity contribution < 1.29 is 19.4 Å². The van der Waals surface area contributed by atoms with Gasteiger partial charge in [-0.3, -0.25) is 4.79 Å². The maximum atomic E-state index is 10.4. The highest BCUT2D eigenvalue weighted by Gasteiger charge is 1.92. The summed E-state index contributed by atoms with van der Waals surface area (Å²) in [5.74, 6) is 0.307. The molecule has 4 heteroatoms. The van der Waals surface area contributed by atoms with Crippen LogP contribution in [0, 0.1) is 0 Å². The van der Waals surface area contributed by atoms with E-state index in [4.69, 9.17) is 14.6 Å². The summed E-state index contributed by atoms with van der Waals surface area (Å²) in [5, 5.41) is 8.07. The van der Waals surface area contributed by atoms with E-state index in [0.717, 1.165) is 0 Å². The number of aliphatic hydroxyl groups excluding tert-OH is 1. The Kier molecular flexibility index (Phi) is 9.26. The number of para-hydroxylation sites is 1. The van der Waals surface area contributed by atoms with Gasteiger partial charge in [-0.25, -0.2) is 0 Å². The van der Waals surface area contributed by atoms with Gasteiger partial charge in [-0.05, 0) is 19.1 Å². The summed E-state index contributed by atoms with van der Waals surface area (Å²) >= 11 is 0. The Hall–Kier alpha value is -1.39. The smallest absolute Gasteiger partial charge is 0.308 e. The molecule has 0 aliphatic rings. The molecule has 0 unspecified atom stereocenters. The van der Waals surface area contributed by atoms with E-state index in [0.29, 0.717) is 19.0 Å². The first-order chi connectivity index (χ1) is 7.70. The molecule has 0 aliphatic carbocycles. The predicted molar refractivity (Wildman–Crippen MR) is 61.3 cm³/mol. The third-order valence-corrected chi connectivity index (χ3v) is 1.44. The van der Waals surface area contributed by atoms with Crippen LogP contribution in [0.2, 0.25) is 0 Å². The minimum Gasteiger partial charge on any atom is -0.427 e. The molecule has 1 aromatic rings. The summed E-state index contributed by atoms with van der Waals surface area (Å²) in [4.78, 5) is 10.4. The van der Waals surface area contributed by atoms with Crippen LogP contribution in [-0.2, 0) is 9.53 Å². The highest BCUT2D eigenvalue weighted by molar-refractivity contribution is 5.69. The van der Waals surface area contributed by atoms with Gasteiger partial charge in [-0.15, -0.1) is 0 Å². The number of carbonyl (C=O) groups excluding carboxylic acids is 1. The molecule has 0 heterocycles. The molecule has 0 saturated carbocycles. The monoisotopic (exact) mass is 226 g/mol. The molecule has 1 N–H and O–H groups in total. The Morgan fingerprint density at radius 2 is 1.94 bits per heavy atom. The second-order valence-corrected chi connectivity index (χ2v) is 2.83. The average molecular weight is 226 g/mol. The van der Waals surface area contributed by atoms with Gasteiger partial charge in [0.15, 0.2) is 0 Å². The minimum absolute atomic E-state index is 0.133. The van der Waals surface area contributed by atoms with Crippen LogP contribution in [0.15, 0.2) is 30.3 Å². The van der Waals surface area contributed by atoms with E-state index in [1.807, 2.05) is 25.1 Å². The fourth-order valence-corrected chi connectivity index (χ4v) is 0.863. The van der Waals surface area contributed by atoms with Gasteiger partial charge in [0.05, 0.1) is 13.2 Å². The van der Waals surface area contributed by atoms with Crippen molar-refractivity contribution in [1.82, 2.24) is 0 Å².